The van der Waals surface area contributed by atoms with Crippen LogP contribution in [-0.2, 0) is 6.61 Å². The van der Waals surface area contributed by atoms with Crippen LogP contribution in [0.3, 0.4) is 0 Å². The van der Waals surface area contributed by atoms with Gasteiger partial charge in [0.15, 0.2) is 5.78 Å². The van der Waals surface area contributed by atoms with Crippen LogP contribution in [0.15, 0.2) is 59.2 Å². The number of nitrogens with zero attached hydrogens (tertiary/aromatic N) is 1. The van der Waals surface area contributed by atoms with Gasteiger partial charge in [0.05, 0.1) is 0 Å². The van der Waals surface area contributed by atoms with Crippen molar-refractivity contribution in [3.05, 3.63) is 71.9 Å². The van der Waals surface area contributed by atoms with Crippen molar-refractivity contribution in [2.75, 3.05) is 0 Å². The van der Waals surface area contributed by atoms with E-state index < -0.39 is 0 Å². The van der Waals surface area contributed by atoms with Gasteiger partial charge in [-0.3, -0.25) is 4.79 Å². The molecule has 5 heteroatoms. The SMILES string of the molecule is CC(=O)c1cccc(OCc2coc(-c3cccc(F)c3)n2)c1. The molecule has 0 fully saturated rings. The summed E-state index contributed by atoms with van der Waals surface area (Å²) in [5.41, 5.74) is 1.73. The maximum Gasteiger partial charge on any atom is 0.226 e. The van der Waals surface area contributed by atoms with Crippen LogP contribution in [0.1, 0.15) is 23.0 Å². The molecule has 0 aliphatic heterocycles. The largest absolute Gasteiger partial charge is 0.487 e. The second-order valence-corrected chi connectivity index (χ2v) is 5.03. The number of benzene rings is 2. The zero-order valence-electron chi connectivity index (χ0n) is 12.5. The number of ketones is 1. The third-order valence-electron chi connectivity index (χ3n) is 3.25. The lowest BCUT2D eigenvalue weighted by atomic mass is 10.1. The van der Waals surface area contributed by atoms with Crippen molar-refractivity contribution in [3.63, 3.8) is 0 Å². The van der Waals surface area contributed by atoms with Gasteiger partial charge < -0.3 is 9.15 Å². The molecule has 0 amide bonds. The van der Waals surface area contributed by atoms with Crippen LogP contribution in [0.2, 0.25) is 0 Å². The Morgan fingerprint density at radius 1 is 1.22 bits per heavy atom. The van der Waals surface area contributed by atoms with E-state index in [2.05, 4.69) is 4.98 Å². The van der Waals surface area contributed by atoms with Gasteiger partial charge in [0, 0.05) is 11.1 Å². The number of aromatic nitrogens is 1. The minimum absolute atomic E-state index is 0.0229. The van der Waals surface area contributed by atoms with Crippen molar-refractivity contribution in [1.82, 2.24) is 4.98 Å². The molecule has 0 saturated carbocycles. The van der Waals surface area contributed by atoms with Crippen LogP contribution in [-0.4, -0.2) is 10.8 Å². The molecule has 0 atom stereocenters. The number of halogens is 1. The zero-order valence-corrected chi connectivity index (χ0v) is 12.5. The maximum absolute atomic E-state index is 13.2. The van der Waals surface area contributed by atoms with Gasteiger partial charge in [0.25, 0.3) is 0 Å². The third-order valence-corrected chi connectivity index (χ3v) is 3.25. The molecule has 3 rings (SSSR count). The molecular formula is C18H14FNO3. The van der Waals surface area contributed by atoms with Crippen molar-refractivity contribution in [3.8, 4) is 17.2 Å². The maximum atomic E-state index is 13.2. The molecule has 4 nitrogen and oxygen atoms in total. The van der Waals surface area contributed by atoms with Crippen LogP contribution >= 0.6 is 0 Å². The standard InChI is InChI=1S/C18H14FNO3/c1-12(21)13-4-3-7-17(9-13)22-10-16-11-23-18(20-16)14-5-2-6-15(19)8-14/h2-9,11H,10H2,1H3. The number of oxazole rings is 1. The Morgan fingerprint density at radius 3 is 2.83 bits per heavy atom. The van der Waals surface area contributed by atoms with Gasteiger partial charge in [-0.25, -0.2) is 9.37 Å². The molecule has 116 valence electrons. The number of hydrogen-bond acceptors (Lipinski definition) is 4. The number of ether oxygens (including phenoxy) is 1. The molecule has 0 radical (unpaired) electrons. The molecule has 1 aromatic heterocycles. The summed E-state index contributed by atoms with van der Waals surface area (Å²) < 4.78 is 24.2. The lowest BCUT2D eigenvalue weighted by Crippen LogP contribution is -1.98. The number of carbonyl (C=O) groups excluding carboxylic acids is 1. The number of rotatable bonds is 5. The fraction of sp³-hybridized carbons (Fsp3) is 0.111. The summed E-state index contributed by atoms with van der Waals surface area (Å²) in [5, 5.41) is 0. The average molecular weight is 311 g/mol. The van der Waals surface area contributed by atoms with E-state index in [1.165, 1.54) is 25.3 Å². The molecule has 0 unspecified atom stereocenters. The second kappa shape index (κ2) is 6.44. The zero-order chi connectivity index (χ0) is 16.2. The third kappa shape index (κ3) is 3.63. The van der Waals surface area contributed by atoms with Crippen molar-refractivity contribution in [2.24, 2.45) is 0 Å². The number of hydrogen-bond donors (Lipinski definition) is 0. The molecule has 3 aromatic rings. The highest BCUT2D eigenvalue weighted by Crippen LogP contribution is 2.21. The van der Waals surface area contributed by atoms with E-state index in [4.69, 9.17) is 9.15 Å². The van der Waals surface area contributed by atoms with E-state index in [0.29, 0.717) is 28.5 Å². The van der Waals surface area contributed by atoms with Gasteiger partial charge in [-0.2, -0.15) is 0 Å². The van der Waals surface area contributed by atoms with Crippen LogP contribution in [0, 0.1) is 5.82 Å². The summed E-state index contributed by atoms with van der Waals surface area (Å²) in [5.74, 6) is 0.540. The normalized spacial score (nSPS) is 10.5. The van der Waals surface area contributed by atoms with Gasteiger partial charge in [-0.15, -0.1) is 0 Å². The minimum atomic E-state index is -0.348. The van der Waals surface area contributed by atoms with Gasteiger partial charge in [-0.05, 0) is 37.3 Å². The summed E-state index contributed by atoms with van der Waals surface area (Å²) in [6.45, 7) is 1.70. The van der Waals surface area contributed by atoms with Gasteiger partial charge in [0.2, 0.25) is 5.89 Å². The molecule has 0 aliphatic carbocycles. The van der Waals surface area contributed by atoms with E-state index in [9.17, 15) is 9.18 Å². The van der Waals surface area contributed by atoms with Crippen LogP contribution in [0.25, 0.3) is 11.5 Å². The van der Waals surface area contributed by atoms with Gasteiger partial charge in [-0.1, -0.05) is 18.2 Å². The summed E-state index contributed by atoms with van der Waals surface area (Å²) in [6.07, 6.45) is 1.47. The highest BCUT2D eigenvalue weighted by Gasteiger charge is 2.08. The van der Waals surface area contributed by atoms with E-state index >= 15 is 0 Å². The fourth-order valence-corrected chi connectivity index (χ4v) is 2.09. The number of Topliss-reactive ketones (excluding diaryl/α,β-unsaturated/α-hetero) is 1. The molecule has 23 heavy (non-hydrogen) atoms. The molecule has 0 N–H and O–H groups in total. The minimum Gasteiger partial charge on any atom is -0.487 e. The Kier molecular flexibility index (Phi) is 4.19. The molecule has 2 aromatic carbocycles. The molecule has 0 bridgehead atoms. The lowest BCUT2D eigenvalue weighted by Gasteiger charge is -2.04. The van der Waals surface area contributed by atoms with Crippen LogP contribution in [0.4, 0.5) is 4.39 Å². The summed E-state index contributed by atoms with van der Waals surface area (Å²) in [6, 6.07) is 13.0. The van der Waals surface area contributed by atoms with Crippen LogP contribution < -0.4 is 4.74 Å². The summed E-state index contributed by atoms with van der Waals surface area (Å²) in [7, 11) is 0. The fourth-order valence-electron chi connectivity index (χ4n) is 2.09. The topological polar surface area (TPSA) is 52.3 Å². The molecule has 0 spiro atoms. The first-order valence-corrected chi connectivity index (χ1v) is 7.06. The molecule has 1 heterocycles. The van der Waals surface area contributed by atoms with Gasteiger partial charge in [0.1, 0.15) is 30.1 Å². The van der Waals surface area contributed by atoms with E-state index in [1.54, 1.807) is 36.4 Å². The number of carbonyl (C=O) groups is 1. The second-order valence-electron chi connectivity index (χ2n) is 5.03. The Labute approximate surface area is 132 Å². The Bertz CT molecular complexity index is 842. The predicted molar refractivity (Wildman–Crippen MR) is 82.7 cm³/mol. The molecular weight excluding hydrogens is 297 g/mol. The van der Waals surface area contributed by atoms with Crippen LogP contribution in [0.5, 0.6) is 5.75 Å². The van der Waals surface area contributed by atoms with Gasteiger partial charge >= 0.3 is 0 Å². The Hall–Kier alpha value is -2.95. The van der Waals surface area contributed by atoms with E-state index in [1.807, 2.05) is 0 Å². The first-order chi connectivity index (χ1) is 11.1. The first-order valence-electron chi connectivity index (χ1n) is 7.06. The monoisotopic (exact) mass is 311 g/mol. The van der Waals surface area contributed by atoms with E-state index in [-0.39, 0.29) is 18.2 Å². The first kappa shape index (κ1) is 15.0. The smallest absolute Gasteiger partial charge is 0.226 e. The van der Waals surface area contributed by atoms with E-state index in [0.717, 1.165) is 0 Å². The summed E-state index contributed by atoms with van der Waals surface area (Å²) >= 11 is 0. The predicted octanol–water partition coefficient (Wildman–Crippen LogP) is 4.26. The lowest BCUT2D eigenvalue weighted by molar-refractivity contribution is 0.101. The van der Waals surface area contributed by atoms with Crippen molar-refractivity contribution in [1.29, 1.82) is 0 Å². The molecule has 0 aliphatic rings. The van der Waals surface area contributed by atoms with Crippen molar-refractivity contribution >= 4 is 5.78 Å². The summed E-state index contributed by atoms with van der Waals surface area (Å²) in [4.78, 5) is 15.6. The Balaban J connectivity index is 1.70. The quantitative estimate of drug-likeness (QED) is 0.661. The van der Waals surface area contributed by atoms with Crippen molar-refractivity contribution in [2.45, 2.75) is 13.5 Å². The Morgan fingerprint density at radius 2 is 2.04 bits per heavy atom. The highest BCUT2D eigenvalue weighted by molar-refractivity contribution is 5.94. The average Bonchev–Trinajstić information content (AvgIpc) is 3.02. The highest BCUT2D eigenvalue weighted by atomic mass is 19.1. The van der Waals surface area contributed by atoms with Crippen molar-refractivity contribution < 1.29 is 18.3 Å². The molecule has 0 saturated heterocycles.